The summed E-state index contributed by atoms with van der Waals surface area (Å²) in [6.07, 6.45) is 2.15. The quantitative estimate of drug-likeness (QED) is 0.394. The Morgan fingerprint density at radius 3 is 2.30 bits per heavy atom. The van der Waals surface area contributed by atoms with Crippen LogP contribution in [0.15, 0.2) is 71.2 Å². The minimum atomic E-state index is -0.403. The lowest BCUT2D eigenvalue weighted by atomic mass is 10.1. The molecule has 0 radical (unpaired) electrons. The topological polar surface area (TPSA) is 73.5 Å². The van der Waals surface area contributed by atoms with Crippen LogP contribution in [0.1, 0.15) is 28.8 Å². The summed E-state index contributed by atoms with van der Waals surface area (Å²) >= 11 is 3.38. The van der Waals surface area contributed by atoms with Crippen LogP contribution in [0.2, 0.25) is 0 Å². The van der Waals surface area contributed by atoms with Crippen molar-refractivity contribution in [2.45, 2.75) is 19.4 Å². The van der Waals surface area contributed by atoms with Crippen LogP contribution in [-0.2, 0) is 6.54 Å². The van der Waals surface area contributed by atoms with E-state index in [-0.39, 0.29) is 18.3 Å². The summed E-state index contributed by atoms with van der Waals surface area (Å²) in [6, 6.07) is 18.2. The zero-order valence-corrected chi connectivity index (χ0v) is 19.5. The summed E-state index contributed by atoms with van der Waals surface area (Å²) in [4.78, 5) is 27.7. The van der Waals surface area contributed by atoms with E-state index in [1.165, 1.54) is 12.1 Å². The molecule has 3 amide bonds. The molecule has 3 N–H and O–H groups in total. The number of urea groups is 1. The van der Waals surface area contributed by atoms with Gasteiger partial charge in [0.25, 0.3) is 5.91 Å². The van der Waals surface area contributed by atoms with E-state index in [9.17, 15) is 14.0 Å². The highest BCUT2D eigenvalue weighted by atomic mass is 79.9. The summed E-state index contributed by atoms with van der Waals surface area (Å²) in [7, 11) is 0. The normalized spacial score (nSPS) is 13.0. The average molecular weight is 511 g/mol. The van der Waals surface area contributed by atoms with E-state index in [0.717, 1.165) is 41.7 Å². The Morgan fingerprint density at radius 1 is 0.909 bits per heavy atom. The van der Waals surface area contributed by atoms with E-state index in [0.29, 0.717) is 16.9 Å². The van der Waals surface area contributed by atoms with Gasteiger partial charge in [0.2, 0.25) is 0 Å². The second kappa shape index (κ2) is 10.5. The van der Waals surface area contributed by atoms with Crippen molar-refractivity contribution < 1.29 is 14.0 Å². The molecule has 170 valence electrons. The van der Waals surface area contributed by atoms with Crippen LogP contribution >= 0.6 is 15.9 Å². The third kappa shape index (κ3) is 6.10. The average Bonchev–Trinajstić information content (AvgIpc) is 3.33. The number of amides is 3. The number of anilines is 3. The van der Waals surface area contributed by atoms with Crippen molar-refractivity contribution in [3.05, 3.63) is 88.1 Å². The highest BCUT2D eigenvalue weighted by Crippen LogP contribution is 2.28. The molecule has 33 heavy (non-hydrogen) atoms. The van der Waals surface area contributed by atoms with Gasteiger partial charge in [-0.2, -0.15) is 0 Å². The van der Waals surface area contributed by atoms with E-state index < -0.39 is 6.03 Å². The van der Waals surface area contributed by atoms with Crippen LogP contribution in [0.4, 0.5) is 26.2 Å². The molecule has 1 heterocycles. The predicted octanol–water partition coefficient (Wildman–Crippen LogP) is 5.76. The molecule has 0 atom stereocenters. The number of hydrogen-bond donors (Lipinski definition) is 3. The maximum absolute atomic E-state index is 13.1. The number of carbonyl (C=O) groups is 2. The molecule has 0 spiro atoms. The number of nitrogens with zero attached hydrogens (tertiary/aromatic N) is 1. The molecular weight excluding hydrogens is 487 g/mol. The minimum absolute atomic E-state index is 0.253. The maximum Gasteiger partial charge on any atom is 0.323 e. The second-order valence-corrected chi connectivity index (χ2v) is 8.74. The molecule has 0 unspecified atom stereocenters. The van der Waals surface area contributed by atoms with Crippen LogP contribution in [0, 0.1) is 5.82 Å². The standard InChI is InChI=1S/C25H24BrFN4O2/c26-18-4-3-5-20(14-18)29-25(33)30-21-10-11-23(31-12-1-2-13-31)22(15-21)24(32)28-16-17-6-8-19(27)9-7-17/h3-11,14-15H,1-2,12-13,16H2,(H,28,32)(H2,29,30,33). The predicted molar refractivity (Wildman–Crippen MR) is 132 cm³/mol. The van der Waals surface area contributed by atoms with Crippen LogP contribution < -0.4 is 20.9 Å². The first-order valence-electron chi connectivity index (χ1n) is 10.7. The first-order chi connectivity index (χ1) is 16.0. The van der Waals surface area contributed by atoms with Gasteiger partial charge < -0.3 is 20.9 Å². The van der Waals surface area contributed by atoms with Gasteiger partial charge in [-0.25, -0.2) is 9.18 Å². The maximum atomic E-state index is 13.1. The van der Waals surface area contributed by atoms with Crippen LogP contribution in [0.5, 0.6) is 0 Å². The van der Waals surface area contributed by atoms with Crippen molar-refractivity contribution in [2.75, 3.05) is 28.6 Å². The van der Waals surface area contributed by atoms with Gasteiger partial charge in [-0.1, -0.05) is 34.1 Å². The molecule has 0 bridgehead atoms. The van der Waals surface area contributed by atoms with Gasteiger partial charge in [-0.05, 0) is 66.9 Å². The molecule has 0 aromatic heterocycles. The molecule has 1 fully saturated rings. The number of hydrogen-bond acceptors (Lipinski definition) is 3. The number of halogens is 2. The van der Waals surface area contributed by atoms with Crippen LogP contribution in [0.25, 0.3) is 0 Å². The van der Waals surface area contributed by atoms with Gasteiger partial charge in [-0.15, -0.1) is 0 Å². The van der Waals surface area contributed by atoms with Crippen LogP contribution in [0.3, 0.4) is 0 Å². The molecule has 3 aromatic rings. The molecule has 1 aliphatic heterocycles. The molecule has 3 aromatic carbocycles. The Balaban J connectivity index is 1.50. The first kappa shape index (κ1) is 22.8. The molecular formula is C25H24BrFN4O2. The van der Waals surface area contributed by atoms with Gasteiger partial charge >= 0.3 is 6.03 Å². The highest BCUT2D eigenvalue weighted by molar-refractivity contribution is 9.10. The lowest BCUT2D eigenvalue weighted by Gasteiger charge is -2.22. The van der Waals surface area contributed by atoms with Gasteiger partial charge in [0.1, 0.15) is 5.82 Å². The van der Waals surface area contributed by atoms with Gasteiger partial charge in [0.05, 0.1) is 5.56 Å². The summed E-state index contributed by atoms with van der Waals surface area (Å²) in [5.74, 6) is -0.571. The largest absolute Gasteiger partial charge is 0.371 e. The molecule has 0 aliphatic carbocycles. The van der Waals surface area contributed by atoms with E-state index >= 15 is 0 Å². The van der Waals surface area contributed by atoms with Gasteiger partial charge in [0.15, 0.2) is 0 Å². The number of carbonyl (C=O) groups excluding carboxylic acids is 2. The molecule has 4 rings (SSSR count). The Hall–Kier alpha value is -3.39. The van der Waals surface area contributed by atoms with E-state index in [1.54, 1.807) is 36.4 Å². The molecule has 8 heteroatoms. The summed E-state index contributed by atoms with van der Waals surface area (Å²) in [5.41, 5.74) is 3.28. The Labute approximate surface area is 200 Å². The fourth-order valence-electron chi connectivity index (χ4n) is 3.77. The summed E-state index contributed by atoms with van der Waals surface area (Å²) < 4.78 is 14.0. The Bertz CT molecular complexity index is 1150. The Morgan fingerprint density at radius 2 is 1.61 bits per heavy atom. The summed E-state index contributed by atoms with van der Waals surface area (Å²) in [5, 5.41) is 8.48. The van der Waals surface area contributed by atoms with Crippen molar-refractivity contribution >= 4 is 44.9 Å². The summed E-state index contributed by atoms with van der Waals surface area (Å²) in [6.45, 7) is 2.04. The minimum Gasteiger partial charge on any atom is -0.371 e. The lowest BCUT2D eigenvalue weighted by Crippen LogP contribution is -2.27. The Kier molecular flexibility index (Phi) is 7.24. The molecule has 1 saturated heterocycles. The lowest BCUT2D eigenvalue weighted by molar-refractivity contribution is 0.0951. The smallest absolute Gasteiger partial charge is 0.323 e. The second-order valence-electron chi connectivity index (χ2n) is 7.82. The van der Waals surface area contributed by atoms with Gasteiger partial charge in [0, 0.05) is 41.2 Å². The SMILES string of the molecule is O=C(Nc1cccc(Br)c1)Nc1ccc(N2CCCC2)c(C(=O)NCc2ccc(F)cc2)c1. The van der Waals surface area contributed by atoms with Crippen molar-refractivity contribution in [2.24, 2.45) is 0 Å². The zero-order chi connectivity index (χ0) is 23.2. The zero-order valence-electron chi connectivity index (χ0n) is 17.9. The number of rotatable bonds is 6. The van der Waals surface area contributed by atoms with Crippen molar-refractivity contribution in [3.63, 3.8) is 0 Å². The van der Waals surface area contributed by atoms with E-state index in [2.05, 4.69) is 36.8 Å². The van der Waals surface area contributed by atoms with Crippen molar-refractivity contribution in [1.82, 2.24) is 5.32 Å². The van der Waals surface area contributed by atoms with Crippen molar-refractivity contribution in [3.8, 4) is 0 Å². The van der Waals surface area contributed by atoms with Crippen LogP contribution in [-0.4, -0.2) is 25.0 Å². The third-order valence-electron chi connectivity index (χ3n) is 5.39. The first-order valence-corrected chi connectivity index (χ1v) is 11.5. The molecule has 6 nitrogen and oxygen atoms in total. The number of benzene rings is 3. The molecule has 1 aliphatic rings. The fourth-order valence-corrected chi connectivity index (χ4v) is 4.17. The van der Waals surface area contributed by atoms with Gasteiger partial charge in [-0.3, -0.25) is 4.79 Å². The van der Waals surface area contributed by atoms with Crippen molar-refractivity contribution in [1.29, 1.82) is 0 Å². The van der Waals surface area contributed by atoms with E-state index in [4.69, 9.17) is 0 Å². The fraction of sp³-hybridized carbons (Fsp3) is 0.200. The molecule has 0 saturated carbocycles. The van der Waals surface area contributed by atoms with E-state index in [1.807, 2.05) is 18.2 Å². The third-order valence-corrected chi connectivity index (χ3v) is 5.89. The highest BCUT2D eigenvalue weighted by Gasteiger charge is 2.20. The number of nitrogens with one attached hydrogen (secondary N) is 3. The monoisotopic (exact) mass is 510 g/mol.